The lowest BCUT2D eigenvalue weighted by atomic mass is 9.74. The second kappa shape index (κ2) is 7.22. The summed E-state index contributed by atoms with van der Waals surface area (Å²) in [6.07, 6.45) is 5.02. The highest BCUT2D eigenvalue weighted by Crippen LogP contribution is 2.41. The Labute approximate surface area is 174 Å². The van der Waals surface area contributed by atoms with Crippen LogP contribution in [0.3, 0.4) is 0 Å². The molecule has 1 aliphatic carbocycles. The molecule has 0 saturated carbocycles. The number of hydrogen-bond acceptors (Lipinski definition) is 4. The molecule has 152 valence electrons. The first-order valence-corrected chi connectivity index (χ1v) is 9.86. The summed E-state index contributed by atoms with van der Waals surface area (Å²) in [6.45, 7) is 4.41. The maximum absolute atomic E-state index is 12.9. The van der Waals surface area contributed by atoms with Crippen LogP contribution in [-0.4, -0.2) is 32.6 Å². The summed E-state index contributed by atoms with van der Waals surface area (Å²) in [4.78, 5) is 12.9. The molecule has 1 amide bonds. The molecule has 1 unspecified atom stereocenters. The van der Waals surface area contributed by atoms with E-state index in [9.17, 15) is 4.79 Å². The highest BCUT2D eigenvalue weighted by atomic mass is 35.5. The predicted molar refractivity (Wildman–Crippen MR) is 111 cm³/mol. The van der Waals surface area contributed by atoms with Gasteiger partial charge in [-0.25, -0.2) is 4.68 Å². The molecule has 7 nitrogen and oxygen atoms in total. The van der Waals surface area contributed by atoms with Gasteiger partial charge in [0, 0.05) is 12.6 Å². The van der Waals surface area contributed by atoms with Gasteiger partial charge in [0.25, 0.3) is 5.91 Å². The van der Waals surface area contributed by atoms with Crippen molar-refractivity contribution in [2.45, 2.75) is 32.7 Å². The van der Waals surface area contributed by atoms with Gasteiger partial charge in [0.15, 0.2) is 0 Å². The maximum Gasteiger partial charge on any atom is 0.271 e. The summed E-state index contributed by atoms with van der Waals surface area (Å²) < 4.78 is 8.70. The lowest BCUT2D eigenvalue weighted by Gasteiger charge is -2.36. The molecule has 29 heavy (non-hydrogen) atoms. The molecule has 1 atom stereocenters. The van der Waals surface area contributed by atoms with Gasteiger partial charge in [-0.05, 0) is 42.5 Å². The average Bonchev–Trinajstić information content (AvgIpc) is 3.24. The fraction of sp³-hybridized carbons (Fsp3) is 0.381. The number of benzene rings is 1. The first-order chi connectivity index (χ1) is 13.8. The minimum Gasteiger partial charge on any atom is -0.497 e. The standard InChI is InChI=1S/C21H24ClN5O2/c1-21(2)9-17(25-20(28)19-16(22)12-23-26(19)3)15-11-24-27(18(15)10-21)13-5-7-14(29-4)8-6-13/h5-8,11-12,17H,9-10H2,1-4H3,(H,25,28). The molecule has 1 aliphatic rings. The summed E-state index contributed by atoms with van der Waals surface area (Å²) in [5.74, 6) is 0.564. The van der Waals surface area contributed by atoms with Crippen molar-refractivity contribution >= 4 is 17.5 Å². The molecular formula is C21H24ClN5O2. The van der Waals surface area contributed by atoms with E-state index in [0.29, 0.717) is 10.7 Å². The van der Waals surface area contributed by atoms with E-state index >= 15 is 0 Å². The quantitative estimate of drug-likeness (QED) is 0.707. The molecule has 2 aromatic heterocycles. The Bertz CT molecular complexity index is 1030. The van der Waals surface area contributed by atoms with Crippen molar-refractivity contribution in [3.05, 3.63) is 58.6 Å². The van der Waals surface area contributed by atoms with Crippen molar-refractivity contribution in [3.8, 4) is 11.4 Å². The van der Waals surface area contributed by atoms with E-state index in [0.717, 1.165) is 35.5 Å². The third-order valence-corrected chi connectivity index (χ3v) is 5.69. The number of carbonyl (C=O) groups excluding carboxylic acids is 1. The van der Waals surface area contributed by atoms with Gasteiger partial charge in [0.1, 0.15) is 11.4 Å². The van der Waals surface area contributed by atoms with Crippen LogP contribution in [0.25, 0.3) is 5.69 Å². The van der Waals surface area contributed by atoms with E-state index in [-0.39, 0.29) is 17.4 Å². The minimum absolute atomic E-state index is 0.00541. The average molecular weight is 414 g/mol. The van der Waals surface area contributed by atoms with Gasteiger partial charge >= 0.3 is 0 Å². The molecule has 3 aromatic rings. The molecule has 2 heterocycles. The Morgan fingerprint density at radius 1 is 1.24 bits per heavy atom. The van der Waals surface area contributed by atoms with Gasteiger partial charge in [-0.1, -0.05) is 25.4 Å². The second-order valence-corrected chi connectivity index (χ2v) is 8.60. The maximum atomic E-state index is 12.9. The Morgan fingerprint density at radius 3 is 2.59 bits per heavy atom. The van der Waals surface area contributed by atoms with Crippen LogP contribution in [0, 0.1) is 5.41 Å². The minimum atomic E-state index is -0.235. The zero-order valence-corrected chi connectivity index (χ0v) is 17.7. The summed E-state index contributed by atoms with van der Waals surface area (Å²) in [7, 11) is 3.35. The van der Waals surface area contributed by atoms with Gasteiger partial charge in [-0.3, -0.25) is 9.48 Å². The van der Waals surface area contributed by atoms with Crippen molar-refractivity contribution in [1.29, 1.82) is 0 Å². The van der Waals surface area contributed by atoms with E-state index in [2.05, 4.69) is 29.4 Å². The number of aryl methyl sites for hydroxylation is 1. The van der Waals surface area contributed by atoms with Crippen LogP contribution in [0.4, 0.5) is 0 Å². The number of hydrogen-bond donors (Lipinski definition) is 1. The number of ether oxygens (including phenoxy) is 1. The van der Waals surface area contributed by atoms with Crippen molar-refractivity contribution < 1.29 is 9.53 Å². The Kier molecular flexibility index (Phi) is 4.86. The molecule has 0 radical (unpaired) electrons. The van der Waals surface area contributed by atoms with Gasteiger partial charge in [-0.2, -0.15) is 10.2 Å². The molecule has 0 fully saturated rings. The van der Waals surface area contributed by atoms with Gasteiger partial charge in [0.2, 0.25) is 0 Å². The van der Waals surface area contributed by atoms with E-state index in [1.807, 2.05) is 35.1 Å². The number of amides is 1. The van der Waals surface area contributed by atoms with Gasteiger partial charge in [-0.15, -0.1) is 0 Å². The molecule has 8 heteroatoms. The van der Waals surface area contributed by atoms with E-state index in [1.165, 1.54) is 10.9 Å². The number of halogens is 1. The zero-order chi connectivity index (χ0) is 20.8. The molecule has 0 aliphatic heterocycles. The smallest absolute Gasteiger partial charge is 0.271 e. The highest BCUT2D eigenvalue weighted by molar-refractivity contribution is 6.33. The van der Waals surface area contributed by atoms with E-state index in [1.54, 1.807) is 14.2 Å². The molecule has 0 saturated heterocycles. The van der Waals surface area contributed by atoms with Crippen molar-refractivity contribution in [3.63, 3.8) is 0 Å². The topological polar surface area (TPSA) is 74.0 Å². The summed E-state index contributed by atoms with van der Waals surface area (Å²) >= 11 is 6.15. The van der Waals surface area contributed by atoms with Gasteiger partial charge < -0.3 is 10.1 Å². The molecular weight excluding hydrogens is 390 g/mol. The fourth-order valence-corrected chi connectivity index (χ4v) is 4.26. The fourth-order valence-electron chi connectivity index (χ4n) is 4.01. The lowest BCUT2D eigenvalue weighted by molar-refractivity contribution is 0.0910. The molecule has 4 rings (SSSR count). The van der Waals surface area contributed by atoms with Gasteiger partial charge in [0.05, 0.1) is 41.9 Å². The van der Waals surface area contributed by atoms with Crippen LogP contribution in [-0.2, 0) is 13.5 Å². The van der Waals surface area contributed by atoms with Crippen LogP contribution in [0.5, 0.6) is 5.75 Å². The van der Waals surface area contributed by atoms with Crippen LogP contribution in [0.1, 0.15) is 48.1 Å². The van der Waals surface area contributed by atoms with Crippen LogP contribution >= 0.6 is 11.6 Å². The highest BCUT2D eigenvalue weighted by Gasteiger charge is 2.36. The van der Waals surface area contributed by atoms with Crippen LogP contribution in [0.2, 0.25) is 5.02 Å². The summed E-state index contributed by atoms with van der Waals surface area (Å²) in [5.41, 5.74) is 3.47. The number of carbonyl (C=O) groups is 1. The molecule has 0 bridgehead atoms. The first-order valence-electron chi connectivity index (χ1n) is 9.48. The van der Waals surface area contributed by atoms with Crippen molar-refractivity contribution in [2.24, 2.45) is 12.5 Å². The Balaban J connectivity index is 1.68. The van der Waals surface area contributed by atoms with Crippen molar-refractivity contribution in [2.75, 3.05) is 7.11 Å². The zero-order valence-electron chi connectivity index (χ0n) is 16.9. The van der Waals surface area contributed by atoms with E-state index < -0.39 is 0 Å². The van der Waals surface area contributed by atoms with Crippen LogP contribution in [0.15, 0.2) is 36.7 Å². The number of aromatic nitrogens is 4. The Morgan fingerprint density at radius 2 is 1.97 bits per heavy atom. The van der Waals surface area contributed by atoms with Crippen molar-refractivity contribution in [1.82, 2.24) is 24.9 Å². The Hall–Kier alpha value is -2.80. The third kappa shape index (κ3) is 3.62. The lowest BCUT2D eigenvalue weighted by Crippen LogP contribution is -2.37. The molecule has 1 aromatic carbocycles. The number of nitrogens with one attached hydrogen (secondary N) is 1. The summed E-state index contributed by atoms with van der Waals surface area (Å²) in [6, 6.07) is 7.65. The SMILES string of the molecule is COc1ccc(-n2ncc3c2CC(C)(C)CC3NC(=O)c2c(Cl)cnn2C)cc1. The number of methoxy groups -OCH3 is 1. The molecule has 1 N–H and O–H groups in total. The number of nitrogens with zero attached hydrogens (tertiary/aromatic N) is 4. The first kappa shape index (κ1) is 19.5. The number of rotatable bonds is 4. The summed E-state index contributed by atoms with van der Waals surface area (Å²) in [5, 5.41) is 12.2. The second-order valence-electron chi connectivity index (χ2n) is 8.19. The largest absolute Gasteiger partial charge is 0.497 e. The monoisotopic (exact) mass is 413 g/mol. The van der Waals surface area contributed by atoms with Crippen LogP contribution < -0.4 is 10.1 Å². The molecule has 0 spiro atoms. The van der Waals surface area contributed by atoms with E-state index in [4.69, 9.17) is 16.3 Å². The predicted octanol–water partition coefficient (Wildman–Crippen LogP) is 3.71. The normalized spacial score (nSPS) is 17.6. The third-order valence-electron chi connectivity index (χ3n) is 5.41. The number of fused-ring (bicyclic) bond motifs is 1.